The molecule has 2 N–H and O–H groups in total. The summed E-state index contributed by atoms with van der Waals surface area (Å²) in [6, 6.07) is 11.8. The van der Waals surface area contributed by atoms with Gasteiger partial charge in [-0.2, -0.15) is 11.8 Å². The Kier molecular flexibility index (Phi) is 6.36. The minimum atomic E-state index is -3.63. The first-order chi connectivity index (χ1) is 14.8. The van der Waals surface area contributed by atoms with E-state index in [0.717, 1.165) is 42.4 Å². The predicted octanol–water partition coefficient (Wildman–Crippen LogP) is 2.61. The number of rotatable bonds is 5. The summed E-state index contributed by atoms with van der Waals surface area (Å²) in [6.45, 7) is 6.69. The third-order valence-electron chi connectivity index (χ3n) is 5.57. The van der Waals surface area contributed by atoms with Gasteiger partial charge in [0, 0.05) is 42.4 Å². The maximum atomic E-state index is 12.8. The number of carbonyl (C=O) groups excluding carboxylic acids is 1. The van der Waals surface area contributed by atoms with Gasteiger partial charge in [0.1, 0.15) is 11.9 Å². The highest BCUT2D eigenvalue weighted by molar-refractivity contribution is 7.99. The molecular weight excluding hydrogens is 432 g/mol. The fraction of sp³-hybridized carbons (Fsp3) is 0.364. The normalized spacial score (nSPS) is 20.1. The average Bonchev–Trinajstić information content (AvgIpc) is 3.02. The number of aliphatic imine (C=N–C) groups is 1. The van der Waals surface area contributed by atoms with Crippen molar-refractivity contribution in [3.63, 3.8) is 0 Å². The Hall–Kier alpha value is -2.36. The molecule has 1 amide bonds. The lowest BCUT2D eigenvalue weighted by molar-refractivity contribution is -0.117. The Morgan fingerprint density at radius 1 is 1.19 bits per heavy atom. The van der Waals surface area contributed by atoms with E-state index in [-0.39, 0.29) is 16.6 Å². The first-order valence-electron chi connectivity index (χ1n) is 10.2. The highest BCUT2D eigenvalue weighted by atomic mass is 32.2. The van der Waals surface area contributed by atoms with Crippen molar-refractivity contribution in [2.24, 2.45) is 4.99 Å². The van der Waals surface area contributed by atoms with E-state index in [4.69, 9.17) is 0 Å². The van der Waals surface area contributed by atoms with Crippen molar-refractivity contribution < 1.29 is 13.2 Å². The summed E-state index contributed by atoms with van der Waals surface area (Å²) < 4.78 is 27.0. The summed E-state index contributed by atoms with van der Waals surface area (Å²) in [5, 5.41) is 2.96. The lowest BCUT2D eigenvalue weighted by atomic mass is 10.1. The zero-order chi connectivity index (χ0) is 22.0. The van der Waals surface area contributed by atoms with E-state index in [9.17, 15) is 13.2 Å². The summed E-state index contributed by atoms with van der Waals surface area (Å²) in [7, 11) is -3.63. The molecule has 0 saturated carbocycles. The number of nitrogens with one attached hydrogen (secondary N) is 2. The van der Waals surface area contributed by atoms with E-state index in [2.05, 4.69) is 26.0 Å². The monoisotopic (exact) mass is 458 g/mol. The van der Waals surface area contributed by atoms with Crippen LogP contribution < -0.4 is 10.0 Å². The lowest BCUT2D eigenvalue weighted by Crippen LogP contribution is -2.32. The SMILES string of the molecule is Cc1c(CN2CCSCC2)cccc1NC(=O)[C@H](C)N=C1NS(=O)(=O)c2ccccc21. The van der Waals surface area contributed by atoms with Crippen LogP contribution in [-0.4, -0.2) is 55.7 Å². The molecule has 0 aliphatic carbocycles. The standard InChI is InChI=1S/C22H26N4O3S2/c1-15-17(14-26-10-12-30-13-11-26)6-5-8-19(15)24-22(27)16(2)23-21-18-7-3-4-9-20(18)31(28,29)25-21/h3-9,16H,10-14H2,1-2H3,(H,23,25)(H,24,27)/t16-/m0/s1. The van der Waals surface area contributed by atoms with Crippen molar-refractivity contribution in [2.75, 3.05) is 29.9 Å². The van der Waals surface area contributed by atoms with Crippen molar-refractivity contribution in [3.8, 4) is 0 Å². The molecule has 0 spiro atoms. The van der Waals surface area contributed by atoms with Crippen LogP contribution in [0, 0.1) is 6.92 Å². The van der Waals surface area contributed by atoms with E-state index < -0.39 is 16.1 Å². The smallest absolute Gasteiger partial charge is 0.263 e. The Morgan fingerprint density at radius 2 is 1.94 bits per heavy atom. The molecule has 1 atom stereocenters. The van der Waals surface area contributed by atoms with Crippen molar-refractivity contribution in [1.82, 2.24) is 9.62 Å². The highest BCUT2D eigenvalue weighted by Gasteiger charge is 2.31. The van der Waals surface area contributed by atoms with Gasteiger partial charge in [0.15, 0.2) is 0 Å². The van der Waals surface area contributed by atoms with Gasteiger partial charge >= 0.3 is 0 Å². The zero-order valence-corrected chi connectivity index (χ0v) is 19.2. The van der Waals surface area contributed by atoms with Crippen LogP contribution in [0.4, 0.5) is 5.69 Å². The number of carbonyl (C=O) groups is 1. The van der Waals surface area contributed by atoms with Crippen LogP contribution in [0.2, 0.25) is 0 Å². The van der Waals surface area contributed by atoms with Gasteiger partial charge in [-0.15, -0.1) is 0 Å². The molecule has 9 heteroatoms. The number of hydrogen-bond donors (Lipinski definition) is 2. The van der Waals surface area contributed by atoms with E-state index in [1.165, 1.54) is 11.6 Å². The van der Waals surface area contributed by atoms with Gasteiger partial charge in [-0.25, -0.2) is 8.42 Å². The third-order valence-corrected chi connectivity index (χ3v) is 7.91. The van der Waals surface area contributed by atoms with E-state index >= 15 is 0 Å². The van der Waals surface area contributed by atoms with Crippen LogP contribution in [0.15, 0.2) is 52.4 Å². The number of amides is 1. The van der Waals surface area contributed by atoms with Crippen LogP contribution in [0.25, 0.3) is 0 Å². The lowest BCUT2D eigenvalue weighted by Gasteiger charge is -2.27. The molecule has 2 heterocycles. The fourth-order valence-electron chi connectivity index (χ4n) is 3.71. The molecule has 2 aromatic rings. The highest BCUT2D eigenvalue weighted by Crippen LogP contribution is 2.24. The Morgan fingerprint density at radius 3 is 2.71 bits per heavy atom. The molecular formula is C22H26N4O3S2. The number of anilines is 1. The predicted molar refractivity (Wildman–Crippen MR) is 125 cm³/mol. The summed E-state index contributed by atoms with van der Waals surface area (Å²) in [4.78, 5) is 19.8. The van der Waals surface area contributed by atoms with Gasteiger partial charge in [-0.3, -0.25) is 19.4 Å². The molecule has 4 rings (SSSR count). The largest absolute Gasteiger partial charge is 0.324 e. The molecule has 2 aliphatic rings. The van der Waals surface area contributed by atoms with Gasteiger partial charge in [0.2, 0.25) is 5.91 Å². The number of fused-ring (bicyclic) bond motifs is 1. The molecule has 31 heavy (non-hydrogen) atoms. The van der Waals surface area contributed by atoms with E-state index in [1.54, 1.807) is 25.1 Å². The number of hydrogen-bond acceptors (Lipinski definition) is 6. The van der Waals surface area contributed by atoms with E-state index in [0.29, 0.717) is 5.56 Å². The number of thioether (sulfide) groups is 1. The molecule has 164 valence electrons. The van der Waals surface area contributed by atoms with Crippen LogP contribution in [0.3, 0.4) is 0 Å². The molecule has 0 radical (unpaired) electrons. The van der Waals surface area contributed by atoms with Crippen LogP contribution in [-0.2, 0) is 21.4 Å². The van der Waals surface area contributed by atoms with Gasteiger partial charge in [-0.05, 0) is 43.2 Å². The molecule has 0 unspecified atom stereocenters. The van der Waals surface area contributed by atoms with Gasteiger partial charge in [-0.1, -0.05) is 24.3 Å². The second kappa shape index (κ2) is 9.02. The average molecular weight is 459 g/mol. The molecule has 1 fully saturated rings. The first kappa shape index (κ1) is 21.9. The van der Waals surface area contributed by atoms with Crippen molar-refractivity contribution in [3.05, 3.63) is 59.2 Å². The number of amidine groups is 1. The quantitative estimate of drug-likeness (QED) is 0.719. The first-order valence-corrected chi connectivity index (χ1v) is 12.9. The summed E-state index contributed by atoms with van der Waals surface area (Å²) in [5.41, 5.74) is 3.48. The van der Waals surface area contributed by atoms with Crippen LogP contribution in [0.1, 0.15) is 23.6 Å². The molecule has 2 aromatic carbocycles. The van der Waals surface area contributed by atoms with Crippen LogP contribution >= 0.6 is 11.8 Å². The summed E-state index contributed by atoms with van der Waals surface area (Å²) in [5.74, 6) is 2.22. The van der Waals surface area contributed by atoms with Gasteiger partial charge < -0.3 is 5.32 Å². The third kappa shape index (κ3) is 4.78. The minimum absolute atomic E-state index is 0.181. The number of nitrogens with zero attached hydrogens (tertiary/aromatic N) is 2. The van der Waals surface area contributed by atoms with E-state index in [1.807, 2.05) is 30.8 Å². The second-order valence-corrected chi connectivity index (χ2v) is 10.6. The second-order valence-electron chi connectivity index (χ2n) is 7.72. The maximum Gasteiger partial charge on any atom is 0.263 e. The molecule has 2 aliphatic heterocycles. The Bertz CT molecular complexity index is 1130. The molecule has 7 nitrogen and oxygen atoms in total. The topological polar surface area (TPSA) is 90.9 Å². The minimum Gasteiger partial charge on any atom is -0.324 e. The zero-order valence-electron chi connectivity index (χ0n) is 17.6. The summed E-state index contributed by atoms with van der Waals surface area (Å²) in [6.07, 6.45) is 0. The number of benzene rings is 2. The van der Waals surface area contributed by atoms with Crippen molar-refractivity contribution >= 4 is 39.2 Å². The molecule has 0 aromatic heterocycles. The fourth-order valence-corrected chi connectivity index (χ4v) is 5.93. The molecule has 0 bridgehead atoms. The van der Waals surface area contributed by atoms with Gasteiger partial charge in [0.25, 0.3) is 10.0 Å². The maximum absolute atomic E-state index is 12.8. The Balaban J connectivity index is 1.49. The van der Waals surface area contributed by atoms with Gasteiger partial charge in [0.05, 0.1) is 4.90 Å². The summed E-state index contributed by atoms with van der Waals surface area (Å²) >= 11 is 1.98. The van der Waals surface area contributed by atoms with Crippen LogP contribution in [0.5, 0.6) is 0 Å². The molecule has 1 saturated heterocycles. The van der Waals surface area contributed by atoms with Crippen molar-refractivity contribution in [2.45, 2.75) is 31.3 Å². The Labute approximate surface area is 187 Å². The number of sulfonamides is 1. The van der Waals surface area contributed by atoms with Crippen molar-refractivity contribution in [1.29, 1.82) is 0 Å².